The first-order valence-corrected chi connectivity index (χ1v) is 8.24. The van der Waals surface area contributed by atoms with Gasteiger partial charge in [0, 0.05) is 5.69 Å². The number of imide groups is 1. The maximum absolute atomic E-state index is 12.0. The molecule has 1 atom stereocenters. The number of carbonyl (C=O) groups excluding carboxylic acids is 2. The molecule has 3 N–H and O–H groups in total. The Kier molecular flexibility index (Phi) is 4.52. The van der Waals surface area contributed by atoms with E-state index in [1.54, 1.807) is 6.92 Å². The molecule has 24 heavy (non-hydrogen) atoms. The van der Waals surface area contributed by atoms with Crippen molar-refractivity contribution in [3.05, 3.63) is 54.6 Å². The Morgan fingerprint density at radius 3 is 2.50 bits per heavy atom. The second kappa shape index (κ2) is 6.76. The molecule has 0 spiro atoms. The summed E-state index contributed by atoms with van der Waals surface area (Å²) < 4.78 is 1.99. The van der Waals surface area contributed by atoms with Gasteiger partial charge in [-0.3, -0.25) is 14.7 Å². The van der Waals surface area contributed by atoms with Crippen LogP contribution in [0.1, 0.15) is 6.92 Å². The van der Waals surface area contributed by atoms with Crippen LogP contribution >= 0.6 is 11.8 Å². The molecule has 0 aliphatic heterocycles. The highest BCUT2D eigenvalue weighted by atomic mass is 32.2. The summed E-state index contributed by atoms with van der Waals surface area (Å²) in [7, 11) is 0. The van der Waals surface area contributed by atoms with E-state index in [4.69, 9.17) is 5.73 Å². The number of para-hydroxylation sites is 3. The summed E-state index contributed by atoms with van der Waals surface area (Å²) in [5.74, 6) is -0.445. The van der Waals surface area contributed by atoms with Gasteiger partial charge in [0.2, 0.25) is 5.91 Å². The highest BCUT2D eigenvalue weighted by Crippen LogP contribution is 2.30. The van der Waals surface area contributed by atoms with Crippen LogP contribution in [0.5, 0.6) is 0 Å². The first kappa shape index (κ1) is 16.1. The maximum atomic E-state index is 12.0. The number of hydrogen-bond donors (Lipinski definition) is 2. The third kappa shape index (κ3) is 3.26. The summed E-state index contributed by atoms with van der Waals surface area (Å²) in [6.07, 6.45) is 0. The van der Waals surface area contributed by atoms with Crippen LogP contribution in [-0.2, 0) is 4.79 Å². The molecular weight excluding hydrogens is 324 g/mol. The molecule has 3 rings (SSSR count). The number of hydrogen-bond acceptors (Lipinski definition) is 4. The van der Waals surface area contributed by atoms with Gasteiger partial charge in [-0.2, -0.15) is 0 Å². The van der Waals surface area contributed by atoms with Gasteiger partial charge in [-0.1, -0.05) is 42.1 Å². The molecule has 122 valence electrons. The fourth-order valence-electron chi connectivity index (χ4n) is 2.34. The SMILES string of the molecule is CC(Sc1nc2ccccc2n1-c1ccccc1)C(=O)NC(N)=O. The number of benzene rings is 2. The van der Waals surface area contributed by atoms with E-state index >= 15 is 0 Å². The number of nitrogens with zero attached hydrogens (tertiary/aromatic N) is 2. The van der Waals surface area contributed by atoms with Crippen LogP contribution in [0.15, 0.2) is 59.8 Å². The van der Waals surface area contributed by atoms with Crippen molar-refractivity contribution < 1.29 is 9.59 Å². The number of thioether (sulfide) groups is 1. The van der Waals surface area contributed by atoms with Gasteiger partial charge < -0.3 is 5.73 Å². The molecule has 0 saturated heterocycles. The van der Waals surface area contributed by atoms with Crippen molar-refractivity contribution in [3.8, 4) is 5.69 Å². The van der Waals surface area contributed by atoms with Crippen LogP contribution in [0.25, 0.3) is 16.7 Å². The number of fused-ring (bicyclic) bond motifs is 1. The Labute approximate surface area is 143 Å². The lowest BCUT2D eigenvalue weighted by molar-refractivity contribution is -0.119. The molecule has 2 aromatic carbocycles. The average Bonchev–Trinajstić information content (AvgIpc) is 2.92. The largest absolute Gasteiger partial charge is 0.351 e. The summed E-state index contributed by atoms with van der Waals surface area (Å²) in [5.41, 5.74) is 7.75. The van der Waals surface area contributed by atoms with Crippen molar-refractivity contribution in [2.24, 2.45) is 5.73 Å². The first-order valence-electron chi connectivity index (χ1n) is 7.36. The second-order valence-electron chi connectivity index (χ2n) is 5.17. The van der Waals surface area contributed by atoms with E-state index in [2.05, 4.69) is 10.3 Å². The second-order valence-corrected chi connectivity index (χ2v) is 6.48. The summed E-state index contributed by atoms with van der Waals surface area (Å²) >= 11 is 1.27. The minimum atomic E-state index is -0.857. The lowest BCUT2D eigenvalue weighted by Crippen LogP contribution is -2.39. The molecule has 0 aliphatic carbocycles. The molecule has 7 heteroatoms. The summed E-state index contributed by atoms with van der Waals surface area (Å²) in [6.45, 7) is 1.71. The Hall–Kier alpha value is -2.80. The third-order valence-corrected chi connectivity index (χ3v) is 4.49. The van der Waals surface area contributed by atoms with Crippen molar-refractivity contribution in [2.75, 3.05) is 0 Å². The van der Waals surface area contributed by atoms with Crippen LogP contribution in [-0.4, -0.2) is 26.7 Å². The van der Waals surface area contributed by atoms with Gasteiger partial charge in [-0.15, -0.1) is 0 Å². The third-order valence-electron chi connectivity index (χ3n) is 3.44. The van der Waals surface area contributed by atoms with Crippen LogP contribution < -0.4 is 11.1 Å². The summed E-state index contributed by atoms with van der Waals surface area (Å²) in [4.78, 5) is 27.4. The van der Waals surface area contributed by atoms with Crippen molar-refractivity contribution in [2.45, 2.75) is 17.3 Å². The first-order chi connectivity index (χ1) is 11.6. The Bertz CT molecular complexity index is 892. The van der Waals surface area contributed by atoms with E-state index in [0.717, 1.165) is 16.7 Å². The standard InChI is InChI=1S/C17H16N4O2S/c1-11(15(22)20-16(18)23)24-17-19-13-9-5-6-10-14(13)21(17)12-7-3-2-4-8-12/h2-11H,1H3,(H3,18,20,22,23). The van der Waals surface area contributed by atoms with E-state index < -0.39 is 17.2 Å². The normalized spacial score (nSPS) is 12.0. The topological polar surface area (TPSA) is 90.0 Å². The Morgan fingerprint density at radius 1 is 1.12 bits per heavy atom. The number of amides is 3. The molecule has 3 amide bonds. The van der Waals surface area contributed by atoms with Gasteiger partial charge in [0.25, 0.3) is 0 Å². The van der Waals surface area contributed by atoms with E-state index in [1.807, 2.05) is 59.2 Å². The fourth-order valence-corrected chi connectivity index (χ4v) is 3.29. The highest BCUT2D eigenvalue weighted by Gasteiger charge is 2.20. The van der Waals surface area contributed by atoms with E-state index in [-0.39, 0.29) is 0 Å². The van der Waals surface area contributed by atoms with E-state index in [0.29, 0.717) is 5.16 Å². The number of primary amides is 1. The molecule has 3 aromatic rings. The lowest BCUT2D eigenvalue weighted by atomic mass is 10.3. The number of nitrogens with one attached hydrogen (secondary N) is 1. The van der Waals surface area contributed by atoms with Crippen molar-refractivity contribution in [1.82, 2.24) is 14.9 Å². The molecule has 0 fully saturated rings. The predicted octanol–water partition coefficient (Wildman–Crippen LogP) is 2.70. The highest BCUT2D eigenvalue weighted by molar-refractivity contribution is 8.00. The average molecular weight is 340 g/mol. The number of imidazole rings is 1. The van der Waals surface area contributed by atoms with Crippen molar-refractivity contribution in [3.63, 3.8) is 0 Å². The molecule has 6 nitrogen and oxygen atoms in total. The maximum Gasteiger partial charge on any atom is 0.318 e. The number of carbonyl (C=O) groups is 2. The van der Waals surface area contributed by atoms with Gasteiger partial charge in [0.05, 0.1) is 16.3 Å². The van der Waals surface area contributed by atoms with Crippen LogP contribution in [0.2, 0.25) is 0 Å². The zero-order valence-corrected chi connectivity index (χ0v) is 13.8. The number of urea groups is 1. The zero-order chi connectivity index (χ0) is 17.1. The van der Waals surface area contributed by atoms with Gasteiger partial charge >= 0.3 is 6.03 Å². The van der Waals surface area contributed by atoms with E-state index in [1.165, 1.54) is 11.8 Å². The molecule has 1 unspecified atom stereocenters. The van der Waals surface area contributed by atoms with Crippen LogP contribution in [0.4, 0.5) is 4.79 Å². The molecular formula is C17H16N4O2S. The smallest absolute Gasteiger partial charge is 0.318 e. The van der Waals surface area contributed by atoms with Crippen molar-refractivity contribution >= 4 is 34.7 Å². The minimum absolute atomic E-state index is 0.445. The number of rotatable bonds is 4. The molecule has 0 bridgehead atoms. The Balaban J connectivity index is 2.01. The zero-order valence-electron chi connectivity index (χ0n) is 13.0. The van der Waals surface area contributed by atoms with Crippen LogP contribution in [0, 0.1) is 0 Å². The molecule has 0 saturated carbocycles. The molecule has 1 heterocycles. The summed E-state index contributed by atoms with van der Waals surface area (Å²) in [5, 5.41) is 2.26. The van der Waals surface area contributed by atoms with Crippen molar-refractivity contribution in [1.29, 1.82) is 0 Å². The minimum Gasteiger partial charge on any atom is -0.351 e. The fraction of sp³-hybridized carbons (Fsp3) is 0.118. The van der Waals surface area contributed by atoms with Gasteiger partial charge in [-0.05, 0) is 31.2 Å². The lowest BCUT2D eigenvalue weighted by Gasteiger charge is -2.12. The molecule has 0 aliphatic rings. The van der Waals surface area contributed by atoms with Gasteiger partial charge in [0.15, 0.2) is 5.16 Å². The van der Waals surface area contributed by atoms with Gasteiger partial charge in [0.1, 0.15) is 0 Å². The monoisotopic (exact) mass is 340 g/mol. The summed E-state index contributed by atoms with van der Waals surface area (Å²) in [6, 6.07) is 16.7. The molecule has 0 radical (unpaired) electrons. The van der Waals surface area contributed by atoms with E-state index in [9.17, 15) is 9.59 Å². The quantitative estimate of drug-likeness (QED) is 0.715. The van der Waals surface area contributed by atoms with Gasteiger partial charge in [-0.25, -0.2) is 9.78 Å². The predicted molar refractivity (Wildman–Crippen MR) is 94.1 cm³/mol. The van der Waals surface area contributed by atoms with Crippen LogP contribution in [0.3, 0.4) is 0 Å². The number of aromatic nitrogens is 2. The molecule has 1 aromatic heterocycles. The number of nitrogens with two attached hydrogens (primary N) is 1. The Morgan fingerprint density at radius 2 is 1.79 bits per heavy atom.